The SMILES string of the molecule is CC=CCNc1cc(S(N)(=O)=O)cc(C(=O)O)c1Nc1ccc(NC(C)=O)cc1. The number of allylic oxidation sites excluding steroid dienone is 1. The molecule has 0 saturated heterocycles. The molecule has 0 atom stereocenters. The van der Waals surface area contributed by atoms with Gasteiger partial charge >= 0.3 is 5.97 Å². The molecule has 0 heterocycles. The number of carboxylic acids is 1. The third-order valence-corrected chi connectivity index (χ3v) is 4.68. The maximum Gasteiger partial charge on any atom is 0.337 e. The van der Waals surface area contributed by atoms with E-state index in [-0.39, 0.29) is 27.7 Å². The molecule has 2 aromatic rings. The minimum atomic E-state index is -4.11. The molecule has 0 fully saturated rings. The van der Waals surface area contributed by atoms with Gasteiger partial charge in [-0.25, -0.2) is 18.4 Å². The Morgan fingerprint density at radius 3 is 2.28 bits per heavy atom. The van der Waals surface area contributed by atoms with Crippen molar-refractivity contribution in [1.29, 1.82) is 0 Å². The van der Waals surface area contributed by atoms with Crippen LogP contribution in [0.2, 0.25) is 0 Å². The fourth-order valence-electron chi connectivity index (χ4n) is 2.49. The first-order chi connectivity index (χ1) is 13.6. The van der Waals surface area contributed by atoms with Crippen LogP contribution in [0.15, 0.2) is 53.4 Å². The zero-order valence-electron chi connectivity index (χ0n) is 15.9. The van der Waals surface area contributed by atoms with Gasteiger partial charge in [0.1, 0.15) is 0 Å². The summed E-state index contributed by atoms with van der Waals surface area (Å²) in [4.78, 5) is 22.6. The number of benzene rings is 2. The first-order valence-corrected chi connectivity index (χ1v) is 10.1. The maximum absolute atomic E-state index is 11.8. The molecule has 10 heteroatoms. The standard InChI is InChI=1S/C19H22N4O5S/c1-3-4-9-21-17-11-15(29(20,27)28)10-16(19(25)26)18(17)23-14-7-5-13(6-8-14)22-12(2)24/h3-8,10-11,21,23H,9H2,1-2H3,(H,22,24)(H,25,26)(H2,20,27,28). The highest BCUT2D eigenvalue weighted by molar-refractivity contribution is 7.89. The summed E-state index contributed by atoms with van der Waals surface area (Å²) in [6.07, 6.45) is 3.58. The largest absolute Gasteiger partial charge is 0.478 e. The molecule has 9 nitrogen and oxygen atoms in total. The van der Waals surface area contributed by atoms with E-state index in [1.807, 2.05) is 6.92 Å². The lowest BCUT2D eigenvalue weighted by molar-refractivity contribution is -0.114. The van der Waals surface area contributed by atoms with E-state index in [1.165, 1.54) is 13.0 Å². The lowest BCUT2D eigenvalue weighted by Gasteiger charge is -2.17. The Morgan fingerprint density at radius 1 is 1.14 bits per heavy atom. The lowest BCUT2D eigenvalue weighted by atomic mass is 10.1. The number of carbonyl (C=O) groups is 2. The third kappa shape index (κ3) is 6.06. The van der Waals surface area contributed by atoms with Crippen molar-refractivity contribution in [3.05, 3.63) is 54.1 Å². The van der Waals surface area contributed by atoms with Crippen molar-refractivity contribution >= 4 is 44.6 Å². The van der Waals surface area contributed by atoms with Gasteiger partial charge in [-0.2, -0.15) is 0 Å². The summed E-state index contributed by atoms with van der Waals surface area (Å²) in [5.74, 6) is -1.53. The number of rotatable bonds is 8. The van der Waals surface area contributed by atoms with E-state index in [0.29, 0.717) is 17.9 Å². The molecule has 6 N–H and O–H groups in total. The highest BCUT2D eigenvalue weighted by Gasteiger charge is 2.20. The molecule has 0 aliphatic heterocycles. The van der Waals surface area contributed by atoms with Crippen LogP contribution in [-0.2, 0) is 14.8 Å². The first kappa shape index (κ1) is 21.9. The van der Waals surface area contributed by atoms with Crippen molar-refractivity contribution in [2.75, 3.05) is 22.5 Å². The van der Waals surface area contributed by atoms with Gasteiger partial charge in [-0.15, -0.1) is 0 Å². The highest BCUT2D eigenvalue weighted by Crippen LogP contribution is 2.33. The van der Waals surface area contributed by atoms with Crippen molar-refractivity contribution < 1.29 is 23.1 Å². The number of hydrogen-bond donors (Lipinski definition) is 5. The summed E-state index contributed by atoms with van der Waals surface area (Å²) in [5.41, 5.74) is 1.31. The molecule has 0 saturated carbocycles. The zero-order valence-corrected chi connectivity index (χ0v) is 16.7. The van der Waals surface area contributed by atoms with Crippen molar-refractivity contribution in [2.45, 2.75) is 18.7 Å². The minimum absolute atomic E-state index is 0.182. The fraction of sp³-hybridized carbons (Fsp3) is 0.158. The van der Waals surface area contributed by atoms with E-state index in [9.17, 15) is 23.1 Å². The van der Waals surface area contributed by atoms with Crippen LogP contribution in [0.1, 0.15) is 24.2 Å². The van der Waals surface area contributed by atoms with Crippen LogP contribution in [0.5, 0.6) is 0 Å². The van der Waals surface area contributed by atoms with Crippen molar-refractivity contribution in [2.24, 2.45) is 5.14 Å². The normalized spacial score (nSPS) is 11.3. The first-order valence-electron chi connectivity index (χ1n) is 8.55. The Balaban J connectivity index is 2.51. The number of anilines is 4. The summed E-state index contributed by atoms with van der Waals surface area (Å²) in [6.45, 7) is 3.56. The Morgan fingerprint density at radius 2 is 1.76 bits per heavy atom. The van der Waals surface area contributed by atoms with Gasteiger partial charge in [-0.1, -0.05) is 12.2 Å². The predicted molar refractivity (Wildman–Crippen MR) is 112 cm³/mol. The zero-order chi connectivity index (χ0) is 21.6. The summed E-state index contributed by atoms with van der Waals surface area (Å²) < 4.78 is 23.5. The molecule has 0 aromatic heterocycles. The topological polar surface area (TPSA) is 151 Å². The van der Waals surface area contributed by atoms with Crippen LogP contribution in [0.4, 0.5) is 22.7 Å². The van der Waals surface area contributed by atoms with E-state index in [0.717, 1.165) is 6.07 Å². The molecule has 2 rings (SSSR count). The van der Waals surface area contributed by atoms with E-state index in [1.54, 1.807) is 36.4 Å². The third-order valence-electron chi connectivity index (χ3n) is 3.79. The minimum Gasteiger partial charge on any atom is -0.478 e. The molecule has 1 amide bonds. The van der Waals surface area contributed by atoms with Crippen molar-refractivity contribution in [3.8, 4) is 0 Å². The summed E-state index contributed by atoms with van der Waals surface area (Å²) >= 11 is 0. The number of nitrogens with two attached hydrogens (primary N) is 1. The number of nitrogens with one attached hydrogen (secondary N) is 3. The number of carbonyl (C=O) groups excluding carboxylic acids is 1. The van der Waals surface area contributed by atoms with Crippen LogP contribution in [0, 0.1) is 0 Å². The molecule has 2 aromatic carbocycles. The second-order valence-corrected chi connectivity index (χ2v) is 7.64. The van der Waals surface area contributed by atoms with Gasteiger partial charge < -0.3 is 21.1 Å². The van der Waals surface area contributed by atoms with E-state index >= 15 is 0 Å². The average Bonchev–Trinajstić information content (AvgIpc) is 2.63. The number of primary sulfonamides is 1. The monoisotopic (exact) mass is 418 g/mol. The van der Waals surface area contributed by atoms with Gasteiger partial charge in [0.05, 0.1) is 21.8 Å². The van der Waals surface area contributed by atoms with Crippen LogP contribution in [-0.4, -0.2) is 31.9 Å². The van der Waals surface area contributed by atoms with Gasteiger partial charge in [-0.3, -0.25) is 4.79 Å². The average molecular weight is 418 g/mol. The molecule has 0 bridgehead atoms. The van der Waals surface area contributed by atoms with E-state index < -0.39 is 16.0 Å². The quantitative estimate of drug-likeness (QED) is 0.413. The predicted octanol–water partition coefficient (Wildman–Crippen LogP) is 2.72. The Hall–Kier alpha value is -3.37. The molecule has 0 aliphatic rings. The van der Waals surface area contributed by atoms with Crippen LogP contribution in [0.25, 0.3) is 0 Å². The molecule has 0 spiro atoms. The van der Waals surface area contributed by atoms with Crippen LogP contribution in [0.3, 0.4) is 0 Å². The van der Waals surface area contributed by atoms with Gasteiger partial charge in [0, 0.05) is 24.8 Å². The van der Waals surface area contributed by atoms with E-state index in [4.69, 9.17) is 5.14 Å². The number of carboxylic acid groups (broad SMARTS) is 1. The van der Waals surface area contributed by atoms with Crippen molar-refractivity contribution in [1.82, 2.24) is 0 Å². The Labute approximate surface area is 168 Å². The Bertz CT molecular complexity index is 1050. The van der Waals surface area contributed by atoms with Gasteiger partial charge in [0.2, 0.25) is 15.9 Å². The number of sulfonamides is 1. The highest BCUT2D eigenvalue weighted by atomic mass is 32.2. The summed E-state index contributed by atoms with van der Waals surface area (Å²) in [7, 11) is -4.11. The van der Waals surface area contributed by atoms with Crippen LogP contribution < -0.4 is 21.1 Å². The Kier molecular flexibility index (Phi) is 6.97. The number of aromatic carboxylic acids is 1. The summed E-state index contributed by atoms with van der Waals surface area (Å²) in [6, 6.07) is 8.89. The van der Waals surface area contributed by atoms with Gasteiger partial charge in [-0.05, 0) is 43.3 Å². The molecule has 0 radical (unpaired) electrons. The molecule has 0 unspecified atom stereocenters. The molecular formula is C19H22N4O5S. The molecule has 29 heavy (non-hydrogen) atoms. The van der Waals surface area contributed by atoms with Crippen LogP contribution >= 0.6 is 0 Å². The lowest BCUT2D eigenvalue weighted by Crippen LogP contribution is -2.16. The molecular weight excluding hydrogens is 396 g/mol. The number of amides is 1. The smallest absolute Gasteiger partial charge is 0.337 e. The van der Waals surface area contributed by atoms with Gasteiger partial charge in [0.15, 0.2) is 0 Å². The van der Waals surface area contributed by atoms with Crippen molar-refractivity contribution in [3.63, 3.8) is 0 Å². The summed E-state index contributed by atoms with van der Waals surface area (Å²) in [5, 5.41) is 23.4. The maximum atomic E-state index is 11.8. The second kappa shape index (κ2) is 9.22. The second-order valence-electron chi connectivity index (χ2n) is 6.08. The van der Waals surface area contributed by atoms with E-state index in [2.05, 4.69) is 16.0 Å². The fourth-order valence-corrected chi connectivity index (χ4v) is 3.06. The number of hydrogen-bond acceptors (Lipinski definition) is 6. The molecule has 0 aliphatic carbocycles. The van der Waals surface area contributed by atoms with Gasteiger partial charge in [0.25, 0.3) is 0 Å². The molecule has 154 valence electrons.